The Kier molecular flexibility index (Phi) is 7.49. The molecule has 0 spiro atoms. The lowest BCUT2D eigenvalue weighted by Crippen LogP contribution is -2.36. The lowest BCUT2D eigenvalue weighted by Gasteiger charge is -2.23. The molecule has 0 fully saturated rings. The number of rotatable bonds is 9. The number of nitrogens with zero attached hydrogens (tertiary/aromatic N) is 1. The average molecular weight is 357 g/mol. The molecule has 6 nitrogen and oxygen atoms in total. The topological polar surface area (TPSA) is 65.1 Å². The van der Waals surface area contributed by atoms with Crippen molar-refractivity contribution >= 4 is 11.9 Å². The Balaban J connectivity index is 2.02. The SMILES string of the molecule is COC(=O)CCN(Cc1ccccc1)C(=O)COc1ccccc1OC. The Morgan fingerprint density at radius 2 is 1.58 bits per heavy atom. The molecule has 0 unspecified atom stereocenters. The number of hydrogen-bond acceptors (Lipinski definition) is 5. The third-order valence-electron chi connectivity index (χ3n) is 3.80. The fourth-order valence-electron chi connectivity index (χ4n) is 2.39. The summed E-state index contributed by atoms with van der Waals surface area (Å²) in [7, 11) is 2.87. The van der Waals surface area contributed by atoms with Gasteiger partial charge in [0, 0.05) is 13.1 Å². The Hall–Kier alpha value is -3.02. The highest BCUT2D eigenvalue weighted by atomic mass is 16.5. The molecule has 0 bridgehead atoms. The van der Waals surface area contributed by atoms with Gasteiger partial charge in [0.15, 0.2) is 18.1 Å². The number of amides is 1. The van der Waals surface area contributed by atoms with Gasteiger partial charge >= 0.3 is 5.97 Å². The summed E-state index contributed by atoms with van der Waals surface area (Å²) >= 11 is 0. The minimum atomic E-state index is -0.360. The third-order valence-corrected chi connectivity index (χ3v) is 3.80. The van der Waals surface area contributed by atoms with Crippen molar-refractivity contribution in [1.82, 2.24) is 4.90 Å². The smallest absolute Gasteiger partial charge is 0.307 e. The Morgan fingerprint density at radius 3 is 2.23 bits per heavy atom. The van der Waals surface area contributed by atoms with Crippen LogP contribution in [0, 0.1) is 0 Å². The number of para-hydroxylation sites is 2. The highest BCUT2D eigenvalue weighted by molar-refractivity contribution is 5.78. The molecule has 0 atom stereocenters. The normalized spacial score (nSPS) is 10.1. The molecule has 0 radical (unpaired) electrons. The van der Waals surface area contributed by atoms with E-state index in [-0.39, 0.29) is 31.4 Å². The second-order valence-corrected chi connectivity index (χ2v) is 5.57. The maximum atomic E-state index is 12.6. The zero-order valence-corrected chi connectivity index (χ0v) is 15.0. The molecule has 2 aromatic rings. The first-order chi connectivity index (χ1) is 12.6. The average Bonchev–Trinajstić information content (AvgIpc) is 2.69. The van der Waals surface area contributed by atoms with E-state index >= 15 is 0 Å². The van der Waals surface area contributed by atoms with Crippen LogP contribution in [-0.2, 0) is 20.9 Å². The van der Waals surface area contributed by atoms with Gasteiger partial charge in [0.2, 0.25) is 0 Å². The maximum absolute atomic E-state index is 12.6. The van der Waals surface area contributed by atoms with Crippen LogP contribution in [0.25, 0.3) is 0 Å². The van der Waals surface area contributed by atoms with Crippen LogP contribution in [0.15, 0.2) is 54.6 Å². The summed E-state index contributed by atoms with van der Waals surface area (Å²) < 4.78 is 15.5. The molecule has 0 aliphatic rings. The van der Waals surface area contributed by atoms with Crippen LogP contribution < -0.4 is 9.47 Å². The zero-order valence-electron chi connectivity index (χ0n) is 15.0. The van der Waals surface area contributed by atoms with Gasteiger partial charge in [-0.15, -0.1) is 0 Å². The second kappa shape index (κ2) is 10.1. The lowest BCUT2D eigenvalue weighted by atomic mass is 10.2. The lowest BCUT2D eigenvalue weighted by molar-refractivity contribution is -0.142. The summed E-state index contributed by atoms with van der Waals surface area (Å²) in [6.45, 7) is 0.510. The molecule has 0 aliphatic heterocycles. The fourth-order valence-corrected chi connectivity index (χ4v) is 2.39. The summed E-state index contributed by atoms with van der Waals surface area (Å²) in [5, 5.41) is 0. The monoisotopic (exact) mass is 357 g/mol. The van der Waals surface area contributed by atoms with E-state index in [9.17, 15) is 9.59 Å². The molecule has 0 saturated heterocycles. The van der Waals surface area contributed by atoms with E-state index in [1.54, 1.807) is 30.2 Å². The summed E-state index contributed by atoms with van der Waals surface area (Å²) in [6.07, 6.45) is 0.129. The summed E-state index contributed by atoms with van der Waals surface area (Å²) in [4.78, 5) is 25.7. The molecule has 6 heteroatoms. The van der Waals surface area contributed by atoms with Crippen LogP contribution in [-0.4, -0.2) is 44.1 Å². The predicted molar refractivity (Wildman–Crippen MR) is 97.0 cm³/mol. The van der Waals surface area contributed by atoms with Crippen molar-refractivity contribution in [2.75, 3.05) is 27.4 Å². The van der Waals surface area contributed by atoms with Gasteiger partial charge in [-0.1, -0.05) is 42.5 Å². The van der Waals surface area contributed by atoms with Gasteiger partial charge in [-0.3, -0.25) is 9.59 Å². The van der Waals surface area contributed by atoms with E-state index in [1.807, 2.05) is 36.4 Å². The number of carbonyl (C=O) groups excluding carboxylic acids is 2. The number of carbonyl (C=O) groups is 2. The Labute approximate surface area is 153 Å². The van der Waals surface area contributed by atoms with Gasteiger partial charge in [0.25, 0.3) is 5.91 Å². The minimum absolute atomic E-state index is 0.129. The van der Waals surface area contributed by atoms with Crippen LogP contribution in [0.3, 0.4) is 0 Å². The van der Waals surface area contributed by atoms with E-state index < -0.39 is 0 Å². The van der Waals surface area contributed by atoms with Crippen LogP contribution in [0.2, 0.25) is 0 Å². The first kappa shape index (κ1) is 19.3. The number of methoxy groups -OCH3 is 2. The van der Waals surface area contributed by atoms with E-state index in [1.165, 1.54) is 7.11 Å². The van der Waals surface area contributed by atoms with E-state index in [2.05, 4.69) is 4.74 Å². The highest BCUT2D eigenvalue weighted by Crippen LogP contribution is 2.25. The van der Waals surface area contributed by atoms with E-state index in [0.29, 0.717) is 18.0 Å². The van der Waals surface area contributed by atoms with Gasteiger partial charge in [-0.25, -0.2) is 0 Å². The molecular formula is C20H23NO5. The van der Waals surface area contributed by atoms with Crippen molar-refractivity contribution in [3.63, 3.8) is 0 Å². The summed E-state index contributed by atoms with van der Waals surface area (Å²) in [6, 6.07) is 16.7. The highest BCUT2D eigenvalue weighted by Gasteiger charge is 2.17. The van der Waals surface area contributed by atoms with Gasteiger partial charge in [-0.2, -0.15) is 0 Å². The number of hydrogen-bond donors (Lipinski definition) is 0. The standard InChI is InChI=1S/C20H23NO5/c1-24-17-10-6-7-11-18(17)26-15-19(22)21(13-12-20(23)25-2)14-16-8-4-3-5-9-16/h3-11H,12-15H2,1-2H3. The maximum Gasteiger partial charge on any atom is 0.307 e. The van der Waals surface area contributed by atoms with Gasteiger partial charge in [0.05, 0.1) is 20.6 Å². The van der Waals surface area contributed by atoms with Crippen LogP contribution in [0.5, 0.6) is 11.5 Å². The Morgan fingerprint density at radius 1 is 0.923 bits per heavy atom. The molecule has 0 aliphatic carbocycles. The van der Waals surface area contributed by atoms with Crippen molar-refractivity contribution in [1.29, 1.82) is 0 Å². The predicted octanol–water partition coefficient (Wildman–Crippen LogP) is 2.67. The van der Waals surface area contributed by atoms with Gasteiger partial charge in [0.1, 0.15) is 0 Å². The Bertz CT molecular complexity index is 717. The molecule has 2 rings (SSSR count). The van der Waals surface area contributed by atoms with Crippen molar-refractivity contribution in [3.8, 4) is 11.5 Å². The van der Waals surface area contributed by atoms with Crippen molar-refractivity contribution < 1.29 is 23.8 Å². The molecule has 1 amide bonds. The first-order valence-electron chi connectivity index (χ1n) is 8.28. The third kappa shape index (κ3) is 5.81. The van der Waals surface area contributed by atoms with Crippen LogP contribution in [0.1, 0.15) is 12.0 Å². The van der Waals surface area contributed by atoms with E-state index in [4.69, 9.17) is 9.47 Å². The quantitative estimate of drug-likeness (QED) is 0.646. The number of benzene rings is 2. The second-order valence-electron chi connectivity index (χ2n) is 5.57. The van der Waals surface area contributed by atoms with Gasteiger partial charge < -0.3 is 19.1 Å². The summed E-state index contributed by atoms with van der Waals surface area (Å²) in [5.41, 5.74) is 0.975. The molecule has 2 aromatic carbocycles. The fraction of sp³-hybridized carbons (Fsp3) is 0.300. The first-order valence-corrected chi connectivity index (χ1v) is 8.28. The molecule has 0 heterocycles. The molecular weight excluding hydrogens is 334 g/mol. The molecule has 0 saturated carbocycles. The molecule has 138 valence electrons. The number of ether oxygens (including phenoxy) is 3. The number of esters is 1. The minimum Gasteiger partial charge on any atom is -0.493 e. The largest absolute Gasteiger partial charge is 0.493 e. The zero-order chi connectivity index (χ0) is 18.8. The molecule has 0 N–H and O–H groups in total. The van der Waals surface area contributed by atoms with E-state index in [0.717, 1.165) is 5.56 Å². The molecule has 0 aromatic heterocycles. The van der Waals surface area contributed by atoms with Crippen LogP contribution >= 0.6 is 0 Å². The molecule has 26 heavy (non-hydrogen) atoms. The van der Waals surface area contributed by atoms with Crippen LogP contribution in [0.4, 0.5) is 0 Å². The summed E-state index contributed by atoms with van der Waals surface area (Å²) in [5.74, 6) is 0.477. The van der Waals surface area contributed by atoms with Crippen molar-refractivity contribution in [2.24, 2.45) is 0 Å². The van der Waals surface area contributed by atoms with Crippen molar-refractivity contribution in [3.05, 3.63) is 60.2 Å². The van der Waals surface area contributed by atoms with Crippen molar-refractivity contribution in [2.45, 2.75) is 13.0 Å². The van der Waals surface area contributed by atoms with Gasteiger partial charge in [-0.05, 0) is 17.7 Å².